The molecule has 1 N–H and O–H groups in total. The first-order valence-corrected chi connectivity index (χ1v) is 7.78. The first kappa shape index (κ1) is 14.8. The van der Waals surface area contributed by atoms with E-state index in [4.69, 9.17) is 16.0 Å². The largest absolute Gasteiger partial charge is 0.508 e. The van der Waals surface area contributed by atoms with Gasteiger partial charge in [-0.2, -0.15) is 0 Å². The lowest BCUT2D eigenvalue weighted by Crippen LogP contribution is -2.38. The SMILES string of the molecule is O=C1c2ccc(O)cc2CCN1c1cc(=O)c2cccc(Cl)c2o1. The standard InChI is InChI=1S/C18H12ClNO4/c19-14-3-1-2-13-15(22)9-16(24-17(13)14)20-7-6-10-8-11(21)4-5-12(10)18(20)23/h1-5,8-9,21H,6-7H2. The van der Waals surface area contributed by atoms with Crippen LogP contribution in [0.2, 0.25) is 5.02 Å². The van der Waals surface area contributed by atoms with E-state index in [0.29, 0.717) is 28.9 Å². The number of carbonyl (C=O) groups excluding carboxylic acids is 1. The number of anilines is 1. The minimum atomic E-state index is -0.272. The number of aromatic hydroxyl groups is 1. The summed E-state index contributed by atoms with van der Waals surface area (Å²) in [5, 5.41) is 10.2. The molecule has 4 rings (SSSR count). The number of phenols is 1. The van der Waals surface area contributed by atoms with E-state index in [-0.39, 0.29) is 28.6 Å². The fourth-order valence-corrected chi connectivity index (χ4v) is 3.16. The molecule has 1 aliphatic heterocycles. The Morgan fingerprint density at radius 1 is 1.12 bits per heavy atom. The highest BCUT2D eigenvalue weighted by Crippen LogP contribution is 2.29. The van der Waals surface area contributed by atoms with Crippen molar-refractivity contribution in [3.05, 3.63) is 68.8 Å². The molecular formula is C18H12ClNO4. The molecule has 1 aliphatic rings. The van der Waals surface area contributed by atoms with E-state index >= 15 is 0 Å². The molecular weight excluding hydrogens is 330 g/mol. The maximum Gasteiger partial charge on any atom is 0.260 e. The van der Waals surface area contributed by atoms with Crippen LogP contribution in [-0.4, -0.2) is 17.6 Å². The molecule has 6 heteroatoms. The molecule has 0 fully saturated rings. The van der Waals surface area contributed by atoms with Crippen molar-refractivity contribution in [1.82, 2.24) is 0 Å². The van der Waals surface area contributed by atoms with Gasteiger partial charge >= 0.3 is 0 Å². The summed E-state index contributed by atoms with van der Waals surface area (Å²) in [5.41, 5.74) is 1.28. The molecule has 0 atom stereocenters. The first-order valence-electron chi connectivity index (χ1n) is 7.41. The van der Waals surface area contributed by atoms with E-state index in [9.17, 15) is 14.7 Å². The second kappa shape index (κ2) is 5.39. The van der Waals surface area contributed by atoms with E-state index < -0.39 is 0 Å². The molecule has 0 saturated carbocycles. The molecule has 5 nitrogen and oxygen atoms in total. The van der Waals surface area contributed by atoms with Gasteiger partial charge in [0.1, 0.15) is 5.75 Å². The number of hydrogen-bond acceptors (Lipinski definition) is 4. The lowest BCUT2D eigenvalue weighted by Gasteiger charge is -2.27. The number of hydrogen-bond donors (Lipinski definition) is 1. The van der Waals surface area contributed by atoms with Crippen LogP contribution in [0.25, 0.3) is 11.0 Å². The van der Waals surface area contributed by atoms with Crippen molar-refractivity contribution in [2.45, 2.75) is 6.42 Å². The van der Waals surface area contributed by atoms with Crippen molar-refractivity contribution in [3.63, 3.8) is 0 Å². The number of amides is 1. The molecule has 1 aromatic heterocycles. The van der Waals surface area contributed by atoms with Gasteiger partial charge in [-0.3, -0.25) is 14.5 Å². The Kier molecular flexibility index (Phi) is 3.32. The molecule has 0 bridgehead atoms. The summed E-state index contributed by atoms with van der Waals surface area (Å²) in [7, 11) is 0. The average Bonchev–Trinajstić information content (AvgIpc) is 2.56. The fourth-order valence-electron chi connectivity index (χ4n) is 2.95. The molecule has 3 aromatic rings. The number of phenolic OH excluding ortho intramolecular Hbond substituents is 1. The highest BCUT2D eigenvalue weighted by molar-refractivity contribution is 6.34. The topological polar surface area (TPSA) is 70.8 Å². The second-order valence-corrected chi connectivity index (χ2v) is 6.02. The Morgan fingerprint density at radius 3 is 2.79 bits per heavy atom. The summed E-state index contributed by atoms with van der Waals surface area (Å²) in [4.78, 5) is 26.4. The molecule has 2 heterocycles. The van der Waals surface area contributed by atoms with E-state index in [0.717, 1.165) is 5.56 Å². The van der Waals surface area contributed by atoms with Gasteiger partial charge in [0.25, 0.3) is 5.91 Å². The number of nitrogens with zero attached hydrogens (tertiary/aromatic N) is 1. The number of benzene rings is 2. The molecule has 120 valence electrons. The van der Waals surface area contributed by atoms with Crippen LogP contribution >= 0.6 is 11.6 Å². The fraction of sp³-hybridized carbons (Fsp3) is 0.111. The maximum absolute atomic E-state index is 12.7. The van der Waals surface area contributed by atoms with Gasteiger partial charge in [0, 0.05) is 18.2 Å². The Balaban J connectivity index is 1.84. The first-order chi connectivity index (χ1) is 11.5. The molecule has 0 aliphatic carbocycles. The highest BCUT2D eigenvalue weighted by Gasteiger charge is 2.28. The van der Waals surface area contributed by atoms with Crippen LogP contribution in [0, 0.1) is 0 Å². The maximum atomic E-state index is 12.7. The van der Waals surface area contributed by atoms with Crippen molar-refractivity contribution in [1.29, 1.82) is 0 Å². The molecule has 1 amide bonds. The third-order valence-electron chi connectivity index (χ3n) is 4.13. The van der Waals surface area contributed by atoms with E-state index in [2.05, 4.69) is 0 Å². The Bertz CT molecular complexity index is 1040. The van der Waals surface area contributed by atoms with Gasteiger partial charge in [0.2, 0.25) is 5.88 Å². The minimum absolute atomic E-state index is 0.124. The van der Waals surface area contributed by atoms with Crippen molar-refractivity contribution < 1.29 is 14.3 Å². The molecule has 0 saturated heterocycles. The van der Waals surface area contributed by atoms with Crippen molar-refractivity contribution in [2.24, 2.45) is 0 Å². The molecule has 2 aromatic carbocycles. The van der Waals surface area contributed by atoms with Gasteiger partial charge in [-0.05, 0) is 42.3 Å². The van der Waals surface area contributed by atoms with Crippen molar-refractivity contribution in [3.8, 4) is 5.75 Å². The second-order valence-electron chi connectivity index (χ2n) is 5.61. The molecule has 0 spiro atoms. The Hall–Kier alpha value is -2.79. The summed E-state index contributed by atoms with van der Waals surface area (Å²) in [6, 6.07) is 10.9. The van der Waals surface area contributed by atoms with Crippen LogP contribution < -0.4 is 10.3 Å². The number of carbonyl (C=O) groups is 1. The van der Waals surface area contributed by atoms with Crippen molar-refractivity contribution >= 4 is 34.4 Å². The van der Waals surface area contributed by atoms with Gasteiger partial charge in [-0.15, -0.1) is 0 Å². The third-order valence-corrected chi connectivity index (χ3v) is 4.43. The predicted octanol–water partition coefficient (Wildman–Crippen LogP) is 3.35. The highest BCUT2D eigenvalue weighted by atomic mass is 35.5. The van der Waals surface area contributed by atoms with Crippen LogP contribution in [0.1, 0.15) is 15.9 Å². The van der Waals surface area contributed by atoms with Gasteiger partial charge in [-0.25, -0.2) is 0 Å². The third kappa shape index (κ3) is 2.25. The summed E-state index contributed by atoms with van der Waals surface area (Å²) in [6.45, 7) is 0.355. The van der Waals surface area contributed by atoms with E-state index in [1.54, 1.807) is 30.3 Å². The van der Waals surface area contributed by atoms with E-state index in [1.165, 1.54) is 17.0 Å². The van der Waals surface area contributed by atoms with Gasteiger partial charge in [0.15, 0.2) is 11.0 Å². The number of halogens is 1. The zero-order chi connectivity index (χ0) is 16.8. The van der Waals surface area contributed by atoms with Crippen LogP contribution in [0.3, 0.4) is 0 Å². The lowest BCUT2D eigenvalue weighted by atomic mass is 9.99. The van der Waals surface area contributed by atoms with Gasteiger partial charge in [0.05, 0.1) is 10.4 Å². The summed E-state index contributed by atoms with van der Waals surface area (Å²) in [6.07, 6.45) is 0.555. The zero-order valence-corrected chi connectivity index (χ0v) is 13.2. The number of fused-ring (bicyclic) bond motifs is 2. The normalized spacial score (nSPS) is 14.0. The monoisotopic (exact) mass is 341 g/mol. The average molecular weight is 342 g/mol. The zero-order valence-electron chi connectivity index (χ0n) is 12.5. The van der Waals surface area contributed by atoms with Gasteiger partial charge < -0.3 is 9.52 Å². The van der Waals surface area contributed by atoms with Gasteiger partial charge in [-0.1, -0.05) is 17.7 Å². The van der Waals surface area contributed by atoms with E-state index in [1.807, 2.05) is 0 Å². The molecule has 24 heavy (non-hydrogen) atoms. The summed E-state index contributed by atoms with van der Waals surface area (Å²) >= 11 is 6.11. The Labute approximate surface area is 141 Å². The minimum Gasteiger partial charge on any atom is -0.508 e. The van der Waals surface area contributed by atoms with Crippen LogP contribution in [0.5, 0.6) is 5.75 Å². The van der Waals surface area contributed by atoms with Crippen LogP contribution in [0.4, 0.5) is 5.88 Å². The summed E-state index contributed by atoms with van der Waals surface area (Å²) < 4.78 is 5.75. The summed E-state index contributed by atoms with van der Waals surface area (Å²) in [5.74, 6) is 0.0224. The van der Waals surface area contributed by atoms with Crippen LogP contribution in [0.15, 0.2) is 51.7 Å². The quantitative estimate of drug-likeness (QED) is 0.736. The smallest absolute Gasteiger partial charge is 0.260 e. The lowest BCUT2D eigenvalue weighted by molar-refractivity contribution is 0.0976. The number of para-hydroxylation sites is 1. The van der Waals surface area contributed by atoms with Crippen molar-refractivity contribution in [2.75, 3.05) is 11.4 Å². The van der Waals surface area contributed by atoms with Crippen LogP contribution in [-0.2, 0) is 6.42 Å². The molecule has 0 unspecified atom stereocenters. The number of rotatable bonds is 1. The Morgan fingerprint density at radius 2 is 1.96 bits per heavy atom. The molecule has 0 radical (unpaired) electrons. The predicted molar refractivity (Wildman–Crippen MR) is 91.0 cm³/mol.